The number of ether oxygens (including phenoxy) is 1. The Labute approximate surface area is 173 Å². The number of aromatic nitrogens is 2. The average molecular weight is 452 g/mol. The quantitative estimate of drug-likeness (QED) is 0.661. The molecule has 2 fully saturated rings. The zero-order chi connectivity index (χ0) is 21.9. The van der Waals surface area contributed by atoms with Crippen LogP contribution in [0.25, 0.3) is 0 Å². The van der Waals surface area contributed by atoms with Crippen molar-refractivity contribution in [2.45, 2.75) is 69.4 Å². The molecule has 1 saturated carbocycles. The van der Waals surface area contributed by atoms with E-state index in [-0.39, 0.29) is 12.0 Å². The Bertz CT molecular complexity index is 829. The highest BCUT2D eigenvalue weighted by atomic mass is 32.2. The maximum Gasteiger partial charge on any atom is 0.423 e. The smallest absolute Gasteiger partial charge is 0.423 e. The molecule has 0 aromatic carbocycles. The molecule has 3 rings (SSSR count). The molecule has 2 N–H and O–H groups in total. The van der Waals surface area contributed by atoms with Crippen LogP contribution in [0.2, 0.25) is 0 Å². The van der Waals surface area contributed by atoms with Crippen molar-refractivity contribution in [1.82, 2.24) is 14.3 Å². The molecule has 1 saturated heterocycles. The van der Waals surface area contributed by atoms with Crippen molar-refractivity contribution in [2.75, 3.05) is 24.7 Å². The summed E-state index contributed by atoms with van der Waals surface area (Å²) in [6, 6.07) is -0.170. The van der Waals surface area contributed by atoms with E-state index < -0.39 is 39.9 Å². The molecule has 2 heterocycles. The summed E-state index contributed by atoms with van der Waals surface area (Å²) in [6.07, 6.45) is -0.121. The van der Waals surface area contributed by atoms with Crippen LogP contribution in [0.4, 0.5) is 19.1 Å². The van der Waals surface area contributed by atoms with Crippen LogP contribution in [0, 0.1) is 0 Å². The van der Waals surface area contributed by atoms with Crippen LogP contribution in [0.3, 0.4) is 0 Å². The van der Waals surface area contributed by atoms with E-state index in [0.717, 1.165) is 25.5 Å². The molecule has 8 nitrogen and oxygen atoms in total. The Morgan fingerprint density at radius 1 is 1.17 bits per heavy atom. The average Bonchev–Trinajstić information content (AvgIpc) is 2.85. The first-order valence-corrected chi connectivity index (χ1v) is 11.9. The van der Waals surface area contributed by atoms with E-state index in [1.54, 1.807) is 0 Å². The number of aliphatic hydroxyl groups excluding tert-OH is 1. The number of halogens is 3. The molecule has 1 aromatic rings. The molecule has 1 aliphatic heterocycles. The lowest BCUT2D eigenvalue weighted by molar-refractivity contribution is -0.140. The van der Waals surface area contributed by atoms with Crippen molar-refractivity contribution in [3.63, 3.8) is 0 Å². The summed E-state index contributed by atoms with van der Waals surface area (Å²) in [6.45, 7) is 0.628. The Hall–Kier alpha value is -1.66. The van der Waals surface area contributed by atoms with E-state index in [2.05, 4.69) is 15.3 Å². The molecular weight excluding hydrogens is 425 g/mol. The third-order valence-corrected chi connectivity index (χ3v) is 6.80. The fraction of sp³-hybridized carbons (Fsp3) is 0.778. The van der Waals surface area contributed by atoms with Gasteiger partial charge < -0.3 is 15.2 Å². The predicted octanol–water partition coefficient (Wildman–Crippen LogP) is 2.40. The lowest BCUT2D eigenvalue weighted by Gasteiger charge is -2.30. The number of hydrogen-bond acceptors (Lipinski definition) is 7. The Morgan fingerprint density at radius 2 is 1.83 bits per heavy atom. The van der Waals surface area contributed by atoms with Crippen molar-refractivity contribution >= 4 is 16.0 Å². The van der Waals surface area contributed by atoms with Gasteiger partial charge in [-0.15, -0.1) is 0 Å². The van der Waals surface area contributed by atoms with Gasteiger partial charge in [0.2, 0.25) is 21.9 Å². The van der Waals surface area contributed by atoms with E-state index >= 15 is 0 Å². The molecule has 12 heteroatoms. The van der Waals surface area contributed by atoms with Gasteiger partial charge in [0.25, 0.3) is 0 Å². The lowest BCUT2D eigenvalue weighted by atomic mass is 10.1. The topological polar surface area (TPSA) is 105 Å². The van der Waals surface area contributed by atoms with Crippen LogP contribution in [0.1, 0.15) is 50.5 Å². The van der Waals surface area contributed by atoms with Gasteiger partial charge in [0.05, 0.1) is 12.4 Å². The highest BCUT2D eigenvalue weighted by molar-refractivity contribution is 7.88. The number of sulfonamides is 1. The largest absolute Gasteiger partial charge is 0.471 e. The Balaban J connectivity index is 1.74. The number of hydrogen-bond donors (Lipinski definition) is 2. The first-order valence-electron chi connectivity index (χ1n) is 10.0. The molecule has 30 heavy (non-hydrogen) atoms. The summed E-state index contributed by atoms with van der Waals surface area (Å²) in [5, 5.41) is 13.2. The fourth-order valence-corrected chi connectivity index (χ4v) is 4.64. The Morgan fingerprint density at radius 3 is 2.47 bits per heavy atom. The molecule has 0 unspecified atom stereocenters. The van der Waals surface area contributed by atoms with Crippen LogP contribution in [-0.2, 0) is 16.2 Å². The minimum absolute atomic E-state index is 0.0149. The highest BCUT2D eigenvalue weighted by Crippen LogP contribution is 2.36. The number of alkyl halides is 3. The standard InChI is InChI=1S/C18H27F3N4O4S/c1-30(27,28)25-9-7-12(8-10-25)23-17-22-11-13(18(19,20)21)16(24-17)29-15-6-4-2-3-5-14(15)26/h11-12,14-15,26H,2-10H2,1H3,(H,22,23,24)/t14-,15+/m0/s1. The van der Waals surface area contributed by atoms with E-state index in [1.165, 1.54) is 4.31 Å². The third-order valence-electron chi connectivity index (χ3n) is 5.50. The zero-order valence-corrected chi connectivity index (χ0v) is 17.5. The summed E-state index contributed by atoms with van der Waals surface area (Å²) in [7, 11) is -3.27. The molecule has 170 valence electrons. The highest BCUT2D eigenvalue weighted by Gasteiger charge is 2.38. The molecular formula is C18H27F3N4O4S. The van der Waals surface area contributed by atoms with E-state index in [9.17, 15) is 26.7 Å². The fourth-order valence-electron chi connectivity index (χ4n) is 3.77. The van der Waals surface area contributed by atoms with Crippen molar-refractivity contribution in [2.24, 2.45) is 0 Å². The Kier molecular flexibility index (Phi) is 7.08. The minimum Gasteiger partial charge on any atom is -0.471 e. The van der Waals surface area contributed by atoms with Crippen molar-refractivity contribution < 1.29 is 31.4 Å². The lowest BCUT2D eigenvalue weighted by Crippen LogP contribution is -2.42. The van der Waals surface area contributed by atoms with Gasteiger partial charge in [-0.05, 0) is 32.1 Å². The SMILES string of the molecule is CS(=O)(=O)N1CCC(Nc2ncc(C(F)(F)F)c(O[C@@H]3CCCCC[C@@H]3O)n2)CC1. The number of rotatable bonds is 5. The van der Waals surface area contributed by atoms with Gasteiger partial charge in [-0.1, -0.05) is 12.8 Å². The van der Waals surface area contributed by atoms with Gasteiger partial charge in [-0.25, -0.2) is 17.7 Å². The van der Waals surface area contributed by atoms with Gasteiger partial charge in [0, 0.05) is 25.3 Å². The summed E-state index contributed by atoms with van der Waals surface area (Å²) in [5.41, 5.74) is -1.09. The van der Waals surface area contributed by atoms with E-state index in [4.69, 9.17) is 4.74 Å². The molecule has 1 aliphatic carbocycles. The summed E-state index contributed by atoms with van der Waals surface area (Å²) in [5.74, 6) is -0.613. The van der Waals surface area contributed by atoms with Crippen LogP contribution in [0.15, 0.2) is 6.20 Å². The molecule has 2 atom stereocenters. The predicted molar refractivity (Wildman–Crippen MR) is 104 cm³/mol. The van der Waals surface area contributed by atoms with Gasteiger partial charge >= 0.3 is 6.18 Å². The van der Waals surface area contributed by atoms with Gasteiger partial charge in [-0.3, -0.25) is 0 Å². The molecule has 0 spiro atoms. The monoisotopic (exact) mass is 452 g/mol. The maximum atomic E-state index is 13.4. The van der Waals surface area contributed by atoms with Crippen molar-refractivity contribution in [1.29, 1.82) is 0 Å². The first kappa shape index (κ1) is 23.0. The summed E-state index contributed by atoms with van der Waals surface area (Å²) in [4.78, 5) is 7.73. The number of nitrogens with one attached hydrogen (secondary N) is 1. The van der Waals surface area contributed by atoms with Crippen LogP contribution >= 0.6 is 0 Å². The van der Waals surface area contributed by atoms with Crippen LogP contribution in [-0.4, -0.2) is 65.4 Å². The van der Waals surface area contributed by atoms with Gasteiger partial charge in [-0.2, -0.15) is 18.2 Å². The molecule has 0 radical (unpaired) electrons. The second kappa shape index (κ2) is 9.23. The first-order chi connectivity index (χ1) is 14.0. The summed E-state index contributed by atoms with van der Waals surface area (Å²) >= 11 is 0. The molecule has 0 amide bonds. The normalized spacial score (nSPS) is 25.0. The molecule has 1 aromatic heterocycles. The van der Waals surface area contributed by atoms with Crippen LogP contribution < -0.4 is 10.1 Å². The number of anilines is 1. The number of nitrogens with zero attached hydrogens (tertiary/aromatic N) is 3. The van der Waals surface area contributed by atoms with Crippen molar-refractivity contribution in [3.8, 4) is 5.88 Å². The zero-order valence-electron chi connectivity index (χ0n) is 16.7. The maximum absolute atomic E-state index is 13.4. The second-order valence-electron chi connectivity index (χ2n) is 7.85. The third kappa shape index (κ3) is 5.94. The van der Waals surface area contributed by atoms with Crippen LogP contribution in [0.5, 0.6) is 5.88 Å². The van der Waals surface area contributed by atoms with E-state index in [0.29, 0.717) is 45.0 Å². The van der Waals surface area contributed by atoms with Crippen molar-refractivity contribution in [3.05, 3.63) is 11.8 Å². The number of piperidine rings is 1. The molecule has 0 bridgehead atoms. The van der Waals surface area contributed by atoms with Gasteiger partial charge in [0.1, 0.15) is 11.7 Å². The number of aliphatic hydroxyl groups is 1. The van der Waals surface area contributed by atoms with Gasteiger partial charge in [0.15, 0.2) is 0 Å². The second-order valence-corrected chi connectivity index (χ2v) is 9.83. The van der Waals surface area contributed by atoms with E-state index in [1.807, 2.05) is 0 Å². The minimum atomic E-state index is -4.69. The summed E-state index contributed by atoms with van der Waals surface area (Å²) < 4.78 is 70.4. The molecule has 2 aliphatic rings.